The summed E-state index contributed by atoms with van der Waals surface area (Å²) in [5.41, 5.74) is 0. The highest BCUT2D eigenvalue weighted by molar-refractivity contribution is 5.85. The third-order valence-corrected chi connectivity index (χ3v) is 2.71. The van der Waals surface area contributed by atoms with Gasteiger partial charge in [-0.15, -0.1) is 0 Å². The molecule has 20 heavy (non-hydrogen) atoms. The van der Waals surface area contributed by atoms with E-state index in [1.807, 2.05) is 27.7 Å². The van der Waals surface area contributed by atoms with Gasteiger partial charge in [0.05, 0.1) is 6.54 Å². The number of amides is 3. The summed E-state index contributed by atoms with van der Waals surface area (Å²) in [6, 6.07) is -0.526. The molecule has 0 unspecified atom stereocenters. The zero-order chi connectivity index (χ0) is 15.7. The number of carbonyl (C=O) groups is 3. The molecule has 0 aromatic carbocycles. The lowest BCUT2D eigenvalue weighted by atomic mass is 10.2. The average Bonchev–Trinajstić information content (AvgIpc) is 2.35. The van der Waals surface area contributed by atoms with Crippen LogP contribution in [0.15, 0.2) is 0 Å². The van der Waals surface area contributed by atoms with Crippen molar-refractivity contribution in [3.63, 3.8) is 0 Å². The quantitative estimate of drug-likeness (QED) is 0.684. The maximum atomic E-state index is 11.9. The van der Waals surface area contributed by atoms with Crippen molar-refractivity contribution in [3.8, 4) is 0 Å². The summed E-state index contributed by atoms with van der Waals surface area (Å²) in [5, 5.41) is 11.3. The molecule has 0 aliphatic carbocycles. The first-order valence-electron chi connectivity index (χ1n) is 6.84. The Morgan fingerprint density at radius 2 is 1.65 bits per heavy atom. The molecule has 0 fully saturated rings. The Labute approximate surface area is 119 Å². The van der Waals surface area contributed by atoms with Crippen LogP contribution in [-0.4, -0.2) is 65.5 Å². The number of aliphatic carboxylic acids is 1. The number of hydrogen-bond acceptors (Lipinski definition) is 3. The average molecular weight is 287 g/mol. The second-order valence-electron chi connectivity index (χ2n) is 4.89. The Morgan fingerprint density at radius 1 is 1.10 bits per heavy atom. The lowest BCUT2D eigenvalue weighted by Gasteiger charge is -2.24. The number of hydrogen-bond donors (Lipinski definition) is 2. The van der Waals surface area contributed by atoms with Crippen LogP contribution in [0.5, 0.6) is 0 Å². The van der Waals surface area contributed by atoms with Crippen LogP contribution in [0.3, 0.4) is 0 Å². The van der Waals surface area contributed by atoms with E-state index in [0.29, 0.717) is 19.6 Å². The Balaban J connectivity index is 4.45. The van der Waals surface area contributed by atoms with E-state index in [9.17, 15) is 14.4 Å². The van der Waals surface area contributed by atoms with E-state index in [0.717, 1.165) is 0 Å². The highest BCUT2D eigenvalue weighted by Gasteiger charge is 2.19. The summed E-state index contributed by atoms with van der Waals surface area (Å²) in [6.45, 7) is 8.51. The van der Waals surface area contributed by atoms with Gasteiger partial charge in [0, 0.05) is 19.6 Å². The molecule has 0 radical (unpaired) electrons. The Kier molecular flexibility index (Phi) is 8.35. The topological polar surface area (TPSA) is 90.0 Å². The van der Waals surface area contributed by atoms with Crippen molar-refractivity contribution in [2.45, 2.75) is 27.7 Å². The summed E-state index contributed by atoms with van der Waals surface area (Å²) < 4.78 is 0. The Bertz CT molecular complexity index is 341. The first-order chi connectivity index (χ1) is 9.31. The molecular formula is C13H25N3O4. The zero-order valence-corrected chi connectivity index (χ0v) is 12.7. The van der Waals surface area contributed by atoms with Crippen molar-refractivity contribution >= 4 is 17.9 Å². The molecular weight excluding hydrogens is 262 g/mol. The third-order valence-electron chi connectivity index (χ3n) is 2.71. The fraction of sp³-hybridized carbons (Fsp3) is 0.769. The monoisotopic (exact) mass is 287 g/mol. The van der Waals surface area contributed by atoms with Gasteiger partial charge in [-0.2, -0.15) is 0 Å². The first-order valence-corrected chi connectivity index (χ1v) is 6.84. The smallest absolute Gasteiger partial charge is 0.323 e. The van der Waals surface area contributed by atoms with Gasteiger partial charge in [-0.3, -0.25) is 9.59 Å². The third kappa shape index (κ3) is 6.96. The molecule has 0 atom stereocenters. The number of rotatable bonds is 8. The van der Waals surface area contributed by atoms with Crippen LogP contribution < -0.4 is 5.32 Å². The number of urea groups is 1. The van der Waals surface area contributed by atoms with E-state index in [1.54, 1.807) is 4.90 Å². The maximum Gasteiger partial charge on any atom is 0.323 e. The number of carbonyl (C=O) groups excluding carboxylic acids is 2. The lowest BCUT2D eigenvalue weighted by molar-refractivity contribution is -0.137. The fourth-order valence-electron chi connectivity index (χ4n) is 1.77. The van der Waals surface area contributed by atoms with Gasteiger partial charge in [-0.25, -0.2) is 4.79 Å². The lowest BCUT2D eigenvalue weighted by Crippen LogP contribution is -2.48. The molecule has 7 nitrogen and oxygen atoms in total. The first kappa shape index (κ1) is 18.2. The molecule has 0 aliphatic heterocycles. The molecule has 0 saturated heterocycles. The van der Waals surface area contributed by atoms with Gasteiger partial charge in [-0.1, -0.05) is 13.8 Å². The number of carboxylic acid groups (broad SMARTS) is 1. The van der Waals surface area contributed by atoms with E-state index in [1.165, 1.54) is 4.90 Å². The van der Waals surface area contributed by atoms with Gasteiger partial charge in [0.2, 0.25) is 5.91 Å². The van der Waals surface area contributed by atoms with Crippen LogP contribution in [0.25, 0.3) is 0 Å². The van der Waals surface area contributed by atoms with Gasteiger partial charge >= 0.3 is 12.0 Å². The normalized spacial score (nSPS) is 10.2. The maximum absolute atomic E-state index is 11.9. The van der Waals surface area contributed by atoms with Crippen LogP contribution in [0, 0.1) is 5.92 Å². The van der Waals surface area contributed by atoms with E-state index in [4.69, 9.17) is 5.11 Å². The minimum absolute atomic E-state index is 0.116. The molecule has 0 heterocycles. The molecule has 3 amide bonds. The SMILES string of the molecule is CCN(CC)C(=O)CNC(=O)N(CC(=O)O)CC(C)C. The molecule has 0 spiro atoms. The molecule has 116 valence electrons. The van der Waals surface area contributed by atoms with Crippen LogP contribution in [0.1, 0.15) is 27.7 Å². The molecule has 2 N–H and O–H groups in total. The largest absolute Gasteiger partial charge is 0.480 e. The van der Waals surface area contributed by atoms with Gasteiger partial charge in [0.15, 0.2) is 0 Å². The standard InChI is InChI=1S/C13H25N3O4/c1-5-15(6-2)11(17)7-14-13(20)16(8-10(3)4)9-12(18)19/h10H,5-9H2,1-4H3,(H,14,20)(H,18,19). The second kappa shape index (κ2) is 9.17. The van der Waals surface area contributed by atoms with Crippen LogP contribution >= 0.6 is 0 Å². The van der Waals surface area contributed by atoms with Crippen molar-refractivity contribution < 1.29 is 19.5 Å². The number of nitrogens with zero attached hydrogens (tertiary/aromatic N) is 2. The number of nitrogens with one attached hydrogen (secondary N) is 1. The van der Waals surface area contributed by atoms with E-state index >= 15 is 0 Å². The second-order valence-corrected chi connectivity index (χ2v) is 4.89. The summed E-state index contributed by atoms with van der Waals surface area (Å²) >= 11 is 0. The van der Waals surface area contributed by atoms with Crippen molar-refractivity contribution in [2.24, 2.45) is 5.92 Å². The van der Waals surface area contributed by atoms with Crippen LogP contribution in [0.2, 0.25) is 0 Å². The minimum Gasteiger partial charge on any atom is -0.480 e. The van der Waals surface area contributed by atoms with Crippen LogP contribution in [-0.2, 0) is 9.59 Å². The molecule has 0 saturated carbocycles. The van der Waals surface area contributed by atoms with Crippen molar-refractivity contribution in [2.75, 3.05) is 32.7 Å². The summed E-state index contributed by atoms with van der Waals surface area (Å²) in [4.78, 5) is 37.2. The number of carboxylic acids is 1. The molecule has 0 aromatic rings. The Hall–Kier alpha value is -1.79. The van der Waals surface area contributed by atoms with E-state index in [-0.39, 0.29) is 24.9 Å². The van der Waals surface area contributed by atoms with Crippen molar-refractivity contribution in [3.05, 3.63) is 0 Å². The van der Waals surface area contributed by atoms with E-state index in [2.05, 4.69) is 5.32 Å². The van der Waals surface area contributed by atoms with Crippen LogP contribution in [0.4, 0.5) is 4.79 Å². The molecule has 0 bridgehead atoms. The van der Waals surface area contributed by atoms with E-state index < -0.39 is 12.0 Å². The zero-order valence-electron chi connectivity index (χ0n) is 12.7. The predicted octanol–water partition coefficient (Wildman–Crippen LogP) is 0.607. The highest BCUT2D eigenvalue weighted by atomic mass is 16.4. The summed E-state index contributed by atoms with van der Waals surface area (Å²) in [7, 11) is 0. The van der Waals surface area contributed by atoms with Gasteiger partial charge in [0.1, 0.15) is 6.54 Å². The van der Waals surface area contributed by atoms with Gasteiger partial charge in [0.25, 0.3) is 0 Å². The molecule has 7 heteroatoms. The number of likely N-dealkylation sites (N-methyl/N-ethyl adjacent to an activating group) is 1. The van der Waals surface area contributed by atoms with Gasteiger partial charge < -0.3 is 20.2 Å². The van der Waals surface area contributed by atoms with Crippen molar-refractivity contribution in [1.29, 1.82) is 0 Å². The van der Waals surface area contributed by atoms with Gasteiger partial charge in [-0.05, 0) is 19.8 Å². The predicted molar refractivity (Wildman–Crippen MR) is 75.4 cm³/mol. The summed E-state index contributed by atoms with van der Waals surface area (Å²) in [5.74, 6) is -1.10. The Morgan fingerprint density at radius 3 is 2.05 bits per heavy atom. The summed E-state index contributed by atoms with van der Waals surface area (Å²) in [6.07, 6.45) is 0. The highest BCUT2D eigenvalue weighted by Crippen LogP contribution is 1.99. The molecule has 0 aliphatic rings. The minimum atomic E-state index is -1.07. The molecule has 0 rings (SSSR count). The van der Waals surface area contributed by atoms with Crippen molar-refractivity contribution in [1.82, 2.24) is 15.1 Å². The molecule has 0 aromatic heterocycles. The fourth-order valence-corrected chi connectivity index (χ4v) is 1.77.